The summed E-state index contributed by atoms with van der Waals surface area (Å²) in [6, 6.07) is 0. The van der Waals surface area contributed by atoms with Gasteiger partial charge in [-0.05, 0) is 33.1 Å². The van der Waals surface area contributed by atoms with Crippen LogP contribution >= 0.6 is 0 Å². The fourth-order valence-corrected chi connectivity index (χ4v) is 3.16. The number of amides is 1. The molecule has 25 heavy (non-hydrogen) atoms. The van der Waals surface area contributed by atoms with Crippen molar-refractivity contribution in [2.24, 2.45) is 5.41 Å². The Hall–Kier alpha value is -2.63. The molecule has 1 aromatic heterocycles. The van der Waals surface area contributed by atoms with Gasteiger partial charge < -0.3 is 10.4 Å². The third-order valence-corrected chi connectivity index (χ3v) is 4.77. The molecule has 2 N–H and O–H groups in total. The SMILES string of the molecule is CCNC(=O)c1nn(CC2(C3=CC=C(C)C=CC3)CC2)cc(O)c1=O. The van der Waals surface area contributed by atoms with E-state index in [9.17, 15) is 14.7 Å². The zero-order valence-electron chi connectivity index (χ0n) is 14.6. The molecular weight excluding hydrogens is 318 g/mol. The van der Waals surface area contributed by atoms with Crippen molar-refractivity contribution in [1.82, 2.24) is 15.1 Å². The first kappa shape index (κ1) is 17.2. The van der Waals surface area contributed by atoms with Gasteiger partial charge in [0.15, 0.2) is 11.4 Å². The van der Waals surface area contributed by atoms with Crippen molar-refractivity contribution >= 4 is 5.91 Å². The van der Waals surface area contributed by atoms with E-state index in [-0.39, 0.29) is 11.1 Å². The summed E-state index contributed by atoms with van der Waals surface area (Å²) in [6.07, 6.45) is 12.8. The molecule has 2 aliphatic rings. The second kappa shape index (κ2) is 6.70. The quantitative estimate of drug-likeness (QED) is 0.861. The zero-order valence-corrected chi connectivity index (χ0v) is 14.6. The lowest BCUT2D eigenvalue weighted by atomic mass is 9.92. The van der Waals surface area contributed by atoms with E-state index in [0.717, 1.165) is 19.3 Å². The largest absolute Gasteiger partial charge is 0.503 e. The molecule has 0 bridgehead atoms. The Morgan fingerprint density at radius 3 is 2.84 bits per heavy atom. The van der Waals surface area contributed by atoms with E-state index in [2.05, 4.69) is 41.6 Å². The highest BCUT2D eigenvalue weighted by molar-refractivity contribution is 5.92. The van der Waals surface area contributed by atoms with Gasteiger partial charge in [-0.3, -0.25) is 14.3 Å². The summed E-state index contributed by atoms with van der Waals surface area (Å²) in [5.41, 5.74) is 1.52. The van der Waals surface area contributed by atoms with E-state index in [4.69, 9.17) is 0 Å². The van der Waals surface area contributed by atoms with Crippen molar-refractivity contribution in [1.29, 1.82) is 0 Å². The molecule has 132 valence electrons. The predicted molar refractivity (Wildman–Crippen MR) is 95.4 cm³/mol. The molecule has 0 unspecified atom stereocenters. The molecule has 1 saturated carbocycles. The van der Waals surface area contributed by atoms with Gasteiger partial charge in [-0.25, -0.2) is 0 Å². The third-order valence-electron chi connectivity index (χ3n) is 4.77. The Labute approximate surface area is 146 Å². The maximum Gasteiger partial charge on any atom is 0.275 e. The number of hydrogen-bond donors (Lipinski definition) is 2. The number of hydrogen-bond acceptors (Lipinski definition) is 4. The first-order valence-electron chi connectivity index (χ1n) is 8.58. The lowest BCUT2D eigenvalue weighted by Crippen LogP contribution is -2.32. The Morgan fingerprint density at radius 1 is 1.40 bits per heavy atom. The number of carbonyl (C=O) groups is 1. The van der Waals surface area contributed by atoms with Crippen LogP contribution in [-0.2, 0) is 6.54 Å². The zero-order chi connectivity index (χ0) is 18.0. The van der Waals surface area contributed by atoms with Crippen LogP contribution in [0.25, 0.3) is 0 Å². The van der Waals surface area contributed by atoms with Crippen LogP contribution in [0.1, 0.15) is 43.6 Å². The first-order chi connectivity index (χ1) is 11.9. The van der Waals surface area contributed by atoms with Gasteiger partial charge in [-0.2, -0.15) is 5.10 Å². The first-order valence-corrected chi connectivity index (χ1v) is 8.58. The minimum atomic E-state index is -0.734. The predicted octanol–water partition coefficient (Wildman–Crippen LogP) is 2.31. The topological polar surface area (TPSA) is 84.2 Å². The van der Waals surface area contributed by atoms with Crippen molar-refractivity contribution in [2.75, 3.05) is 6.54 Å². The molecule has 3 rings (SSSR count). The normalized spacial score (nSPS) is 18.2. The monoisotopic (exact) mass is 341 g/mol. The highest BCUT2D eigenvalue weighted by Crippen LogP contribution is 2.54. The Kier molecular flexibility index (Phi) is 4.61. The van der Waals surface area contributed by atoms with Gasteiger partial charge in [-0.1, -0.05) is 35.5 Å². The average Bonchev–Trinajstić information content (AvgIpc) is 3.36. The number of aromatic nitrogens is 2. The van der Waals surface area contributed by atoms with Crippen molar-refractivity contribution in [3.05, 3.63) is 57.6 Å². The lowest BCUT2D eigenvalue weighted by molar-refractivity contribution is 0.0946. The van der Waals surface area contributed by atoms with Crippen LogP contribution in [0.15, 0.2) is 46.4 Å². The second-order valence-electron chi connectivity index (χ2n) is 6.74. The van der Waals surface area contributed by atoms with Crippen LogP contribution in [0.2, 0.25) is 0 Å². The number of aromatic hydroxyl groups is 1. The molecule has 0 atom stereocenters. The van der Waals surface area contributed by atoms with Crippen LogP contribution in [0, 0.1) is 5.41 Å². The van der Waals surface area contributed by atoms with Gasteiger partial charge in [0.1, 0.15) is 0 Å². The fraction of sp³-hybridized carbons (Fsp3) is 0.421. The summed E-state index contributed by atoms with van der Waals surface area (Å²) >= 11 is 0. The molecular formula is C19H23N3O3. The fourth-order valence-electron chi connectivity index (χ4n) is 3.16. The van der Waals surface area contributed by atoms with E-state index < -0.39 is 17.1 Å². The summed E-state index contributed by atoms with van der Waals surface area (Å²) in [5, 5.41) is 16.7. The molecule has 1 heterocycles. The lowest BCUT2D eigenvalue weighted by Gasteiger charge is -2.20. The van der Waals surface area contributed by atoms with Crippen LogP contribution in [0.3, 0.4) is 0 Å². The van der Waals surface area contributed by atoms with Gasteiger partial charge in [0.05, 0.1) is 12.7 Å². The molecule has 0 saturated heterocycles. The summed E-state index contributed by atoms with van der Waals surface area (Å²) in [5.74, 6) is -1.00. The molecule has 6 nitrogen and oxygen atoms in total. The molecule has 0 spiro atoms. The molecule has 0 aromatic carbocycles. The summed E-state index contributed by atoms with van der Waals surface area (Å²) in [4.78, 5) is 24.0. The number of rotatable bonds is 5. The third kappa shape index (κ3) is 3.57. The van der Waals surface area contributed by atoms with Crippen molar-refractivity contribution < 1.29 is 9.90 Å². The van der Waals surface area contributed by atoms with Gasteiger partial charge >= 0.3 is 0 Å². The Balaban J connectivity index is 1.89. The van der Waals surface area contributed by atoms with E-state index in [1.54, 1.807) is 6.92 Å². The highest BCUT2D eigenvalue weighted by atomic mass is 16.3. The molecule has 1 amide bonds. The van der Waals surface area contributed by atoms with Gasteiger partial charge in [0.25, 0.3) is 11.3 Å². The molecule has 1 fully saturated rings. The minimum Gasteiger partial charge on any atom is -0.503 e. The maximum absolute atomic E-state index is 12.0. The molecule has 0 radical (unpaired) electrons. The molecule has 2 aliphatic carbocycles. The smallest absolute Gasteiger partial charge is 0.275 e. The number of nitrogens with one attached hydrogen (secondary N) is 1. The standard InChI is InChI=1S/C19H23N3O3/c1-3-20-18(25)16-17(24)15(23)11-22(21-16)12-19(9-10-19)14-6-4-5-13(2)7-8-14/h4-5,7-8,11,23H,3,6,9-10,12H2,1-2H3,(H,20,25). The second-order valence-corrected chi connectivity index (χ2v) is 6.74. The van der Waals surface area contributed by atoms with Crippen LogP contribution < -0.4 is 10.7 Å². The Morgan fingerprint density at radius 2 is 2.16 bits per heavy atom. The molecule has 1 aromatic rings. The van der Waals surface area contributed by atoms with E-state index in [1.807, 2.05) is 0 Å². The number of nitrogens with zero attached hydrogens (tertiary/aromatic N) is 2. The van der Waals surface area contributed by atoms with E-state index in [1.165, 1.54) is 22.0 Å². The van der Waals surface area contributed by atoms with Crippen molar-refractivity contribution in [3.8, 4) is 5.75 Å². The number of allylic oxidation sites excluding steroid dienone is 6. The maximum atomic E-state index is 12.0. The Bertz CT molecular complexity index is 842. The van der Waals surface area contributed by atoms with Gasteiger partial charge in [0.2, 0.25) is 0 Å². The van der Waals surface area contributed by atoms with E-state index in [0.29, 0.717) is 13.1 Å². The molecule has 6 heteroatoms. The summed E-state index contributed by atoms with van der Waals surface area (Å²) < 4.78 is 1.53. The molecule has 0 aliphatic heterocycles. The summed E-state index contributed by atoms with van der Waals surface area (Å²) in [7, 11) is 0. The van der Waals surface area contributed by atoms with Crippen LogP contribution in [0.5, 0.6) is 5.75 Å². The number of carbonyl (C=O) groups excluding carboxylic acids is 1. The van der Waals surface area contributed by atoms with Crippen molar-refractivity contribution in [2.45, 2.75) is 39.7 Å². The van der Waals surface area contributed by atoms with Gasteiger partial charge in [-0.15, -0.1) is 0 Å². The average molecular weight is 341 g/mol. The van der Waals surface area contributed by atoms with Crippen LogP contribution in [-0.4, -0.2) is 27.3 Å². The van der Waals surface area contributed by atoms with E-state index >= 15 is 0 Å². The summed E-state index contributed by atoms with van der Waals surface area (Å²) in [6.45, 7) is 4.76. The van der Waals surface area contributed by atoms with Crippen LogP contribution in [0.4, 0.5) is 0 Å². The van der Waals surface area contributed by atoms with Crippen molar-refractivity contribution in [3.63, 3.8) is 0 Å². The minimum absolute atomic E-state index is 0.0154. The van der Waals surface area contributed by atoms with Gasteiger partial charge in [0, 0.05) is 12.0 Å². The highest BCUT2D eigenvalue weighted by Gasteiger charge is 2.45.